The lowest BCUT2D eigenvalue weighted by Crippen LogP contribution is -2.18. The number of aliphatic hydroxyl groups is 1. The first kappa shape index (κ1) is 18.3. The number of hydrogen-bond acceptors (Lipinski definition) is 6. The number of aliphatic hydroxyl groups excluding tert-OH is 1. The Morgan fingerprint density at radius 1 is 1.03 bits per heavy atom. The highest BCUT2D eigenvalue weighted by Gasteiger charge is 2.29. The fourth-order valence-electron chi connectivity index (χ4n) is 3.97. The fraction of sp³-hybridized carbons (Fsp3) is 0.182. The number of imidazole rings is 1. The van der Waals surface area contributed by atoms with E-state index in [0.717, 1.165) is 11.1 Å². The Kier molecular flexibility index (Phi) is 4.61. The van der Waals surface area contributed by atoms with Crippen LogP contribution in [0.1, 0.15) is 17.0 Å². The average molecular weight is 401 g/mol. The summed E-state index contributed by atoms with van der Waals surface area (Å²) in [5.41, 5.74) is 5.63. The Bertz CT molecular complexity index is 1190. The van der Waals surface area contributed by atoms with E-state index in [0.29, 0.717) is 17.7 Å². The Hall–Kier alpha value is -3.78. The van der Waals surface area contributed by atoms with Crippen molar-refractivity contribution < 1.29 is 14.6 Å². The lowest BCUT2D eigenvalue weighted by molar-refractivity contribution is 0.158. The number of rotatable bonds is 5. The second-order valence-electron chi connectivity index (χ2n) is 7.01. The van der Waals surface area contributed by atoms with Gasteiger partial charge in [-0.15, -0.1) is 0 Å². The van der Waals surface area contributed by atoms with E-state index >= 15 is 0 Å². The first-order chi connectivity index (χ1) is 14.8. The molecule has 1 aliphatic carbocycles. The summed E-state index contributed by atoms with van der Waals surface area (Å²) in [6, 6.07) is 16.4. The summed E-state index contributed by atoms with van der Waals surface area (Å²) in [7, 11) is 0. The zero-order valence-electron chi connectivity index (χ0n) is 16.0. The summed E-state index contributed by atoms with van der Waals surface area (Å²) in [5.74, 6) is 0.256. The molecule has 30 heavy (non-hydrogen) atoms. The van der Waals surface area contributed by atoms with Gasteiger partial charge in [0.1, 0.15) is 12.9 Å². The smallest absolute Gasteiger partial charge is 0.412 e. The molecule has 2 aromatic carbocycles. The van der Waals surface area contributed by atoms with E-state index in [1.54, 1.807) is 10.9 Å². The highest BCUT2D eigenvalue weighted by molar-refractivity contribution is 5.93. The molecule has 0 atom stereocenters. The third kappa shape index (κ3) is 3.07. The second kappa shape index (κ2) is 7.57. The number of carbonyl (C=O) groups is 1. The van der Waals surface area contributed by atoms with Crippen molar-refractivity contribution in [2.24, 2.45) is 0 Å². The van der Waals surface area contributed by atoms with Gasteiger partial charge in [-0.3, -0.25) is 5.32 Å². The lowest BCUT2D eigenvalue weighted by atomic mass is 9.98. The van der Waals surface area contributed by atoms with Crippen molar-refractivity contribution in [3.05, 3.63) is 72.3 Å². The zero-order chi connectivity index (χ0) is 20.5. The van der Waals surface area contributed by atoms with Crippen molar-refractivity contribution in [3.8, 4) is 11.1 Å². The van der Waals surface area contributed by atoms with E-state index in [-0.39, 0.29) is 24.9 Å². The quantitative estimate of drug-likeness (QED) is 0.533. The van der Waals surface area contributed by atoms with Gasteiger partial charge in [-0.25, -0.2) is 19.7 Å². The minimum absolute atomic E-state index is 0.0164. The Balaban J connectivity index is 1.34. The standard InChI is InChI=1S/C22H19N5O3/c28-10-9-27-13-25-19-20(23-12-24-21(19)27)26-22(29)30-11-18-16-7-3-1-5-14(16)15-6-2-4-8-17(15)18/h1-8,12-13,18,28H,9-11H2,(H,23,24,26,29). The Morgan fingerprint density at radius 3 is 2.43 bits per heavy atom. The topological polar surface area (TPSA) is 102 Å². The number of carbonyl (C=O) groups excluding carboxylic acids is 1. The van der Waals surface area contributed by atoms with Crippen LogP contribution in [0.25, 0.3) is 22.3 Å². The monoisotopic (exact) mass is 401 g/mol. The number of nitrogens with zero attached hydrogens (tertiary/aromatic N) is 4. The molecule has 2 N–H and O–H groups in total. The van der Waals surface area contributed by atoms with Crippen LogP contribution in [0, 0.1) is 0 Å². The van der Waals surface area contributed by atoms with Crippen molar-refractivity contribution in [2.45, 2.75) is 12.5 Å². The van der Waals surface area contributed by atoms with Crippen LogP contribution in [0.2, 0.25) is 0 Å². The third-order valence-corrected chi connectivity index (χ3v) is 5.31. The van der Waals surface area contributed by atoms with Gasteiger partial charge in [0.15, 0.2) is 17.0 Å². The van der Waals surface area contributed by atoms with Gasteiger partial charge in [-0.1, -0.05) is 48.5 Å². The molecule has 0 spiro atoms. The third-order valence-electron chi connectivity index (χ3n) is 5.31. The normalized spacial score (nSPS) is 12.6. The fourth-order valence-corrected chi connectivity index (χ4v) is 3.97. The van der Waals surface area contributed by atoms with E-state index in [2.05, 4.69) is 44.5 Å². The number of nitrogens with one attached hydrogen (secondary N) is 1. The summed E-state index contributed by atoms with van der Waals surface area (Å²) in [4.78, 5) is 25.0. The van der Waals surface area contributed by atoms with Gasteiger partial charge in [0, 0.05) is 12.5 Å². The molecule has 8 heteroatoms. The van der Waals surface area contributed by atoms with Gasteiger partial charge >= 0.3 is 6.09 Å². The second-order valence-corrected chi connectivity index (χ2v) is 7.01. The molecule has 4 aromatic rings. The van der Waals surface area contributed by atoms with Crippen LogP contribution in [-0.2, 0) is 11.3 Å². The van der Waals surface area contributed by atoms with Crippen LogP contribution < -0.4 is 5.32 Å². The minimum Gasteiger partial charge on any atom is -0.448 e. The molecule has 8 nitrogen and oxygen atoms in total. The molecule has 5 rings (SSSR count). The number of benzene rings is 2. The molecule has 0 radical (unpaired) electrons. The highest BCUT2D eigenvalue weighted by Crippen LogP contribution is 2.44. The zero-order valence-corrected chi connectivity index (χ0v) is 16.0. The summed E-state index contributed by atoms with van der Waals surface area (Å²) in [6.07, 6.45) is 2.30. The summed E-state index contributed by atoms with van der Waals surface area (Å²) in [6.45, 7) is 0.537. The molecular formula is C22H19N5O3. The van der Waals surface area contributed by atoms with Gasteiger partial charge in [0.05, 0.1) is 12.9 Å². The molecular weight excluding hydrogens is 382 g/mol. The first-order valence-electron chi connectivity index (χ1n) is 9.65. The van der Waals surface area contributed by atoms with Crippen LogP contribution in [0.3, 0.4) is 0 Å². The number of amides is 1. The number of aromatic nitrogens is 4. The van der Waals surface area contributed by atoms with E-state index in [1.807, 2.05) is 24.3 Å². The number of anilines is 1. The van der Waals surface area contributed by atoms with Gasteiger partial charge < -0.3 is 14.4 Å². The SMILES string of the molecule is O=C(Nc1ncnc2c1ncn2CCO)OCC1c2ccccc2-c2ccccc21. The molecule has 1 aliphatic rings. The maximum atomic E-state index is 12.5. The first-order valence-corrected chi connectivity index (χ1v) is 9.65. The van der Waals surface area contributed by atoms with Crippen LogP contribution in [0.5, 0.6) is 0 Å². The molecule has 1 amide bonds. The van der Waals surface area contributed by atoms with Crippen molar-refractivity contribution in [1.82, 2.24) is 19.5 Å². The highest BCUT2D eigenvalue weighted by atomic mass is 16.5. The van der Waals surface area contributed by atoms with Gasteiger partial charge in [0.2, 0.25) is 0 Å². The maximum Gasteiger partial charge on any atom is 0.412 e. The van der Waals surface area contributed by atoms with Gasteiger partial charge in [0.25, 0.3) is 0 Å². The van der Waals surface area contributed by atoms with Crippen molar-refractivity contribution in [1.29, 1.82) is 0 Å². The van der Waals surface area contributed by atoms with E-state index in [4.69, 9.17) is 9.84 Å². The lowest BCUT2D eigenvalue weighted by Gasteiger charge is -2.14. The van der Waals surface area contributed by atoms with E-state index in [1.165, 1.54) is 17.5 Å². The van der Waals surface area contributed by atoms with Crippen LogP contribution in [0.15, 0.2) is 61.2 Å². The molecule has 0 aliphatic heterocycles. The van der Waals surface area contributed by atoms with Gasteiger partial charge in [-0.05, 0) is 22.3 Å². The molecule has 0 saturated carbocycles. The molecule has 2 aromatic heterocycles. The number of ether oxygens (including phenoxy) is 1. The van der Waals surface area contributed by atoms with E-state index < -0.39 is 6.09 Å². The molecule has 150 valence electrons. The molecule has 0 saturated heterocycles. The largest absolute Gasteiger partial charge is 0.448 e. The van der Waals surface area contributed by atoms with Crippen molar-refractivity contribution in [3.63, 3.8) is 0 Å². The predicted molar refractivity (Wildman–Crippen MR) is 111 cm³/mol. The van der Waals surface area contributed by atoms with Crippen LogP contribution >= 0.6 is 0 Å². The van der Waals surface area contributed by atoms with E-state index in [9.17, 15) is 4.79 Å². The van der Waals surface area contributed by atoms with Crippen LogP contribution in [0.4, 0.5) is 10.6 Å². The van der Waals surface area contributed by atoms with Crippen LogP contribution in [-0.4, -0.2) is 43.9 Å². The molecule has 0 unspecified atom stereocenters. The Labute approximate surface area is 172 Å². The predicted octanol–water partition coefficient (Wildman–Crippen LogP) is 3.18. The van der Waals surface area contributed by atoms with Crippen molar-refractivity contribution >= 4 is 23.1 Å². The Morgan fingerprint density at radius 2 is 1.73 bits per heavy atom. The van der Waals surface area contributed by atoms with Crippen molar-refractivity contribution in [2.75, 3.05) is 18.5 Å². The molecule has 0 fully saturated rings. The molecule has 0 bridgehead atoms. The maximum absolute atomic E-state index is 12.5. The number of fused-ring (bicyclic) bond motifs is 4. The average Bonchev–Trinajstić information content (AvgIpc) is 3.33. The summed E-state index contributed by atoms with van der Waals surface area (Å²) in [5, 5.41) is 11.8. The minimum atomic E-state index is -0.603. The summed E-state index contributed by atoms with van der Waals surface area (Å²) >= 11 is 0. The van der Waals surface area contributed by atoms with Gasteiger partial charge in [-0.2, -0.15) is 0 Å². The summed E-state index contributed by atoms with van der Waals surface area (Å²) < 4.78 is 7.26. The number of hydrogen-bond donors (Lipinski definition) is 2. The molecule has 2 heterocycles.